The van der Waals surface area contributed by atoms with Crippen molar-refractivity contribution in [2.24, 2.45) is 0 Å². The molecule has 0 radical (unpaired) electrons. The first-order valence-corrected chi connectivity index (χ1v) is 5.69. The molecule has 0 bridgehead atoms. The number of nitrogens with zero attached hydrogens (tertiary/aromatic N) is 1. The van der Waals surface area contributed by atoms with E-state index >= 15 is 0 Å². The van der Waals surface area contributed by atoms with E-state index in [-0.39, 0.29) is 0 Å². The van der Waals surface area contributed by atoms with E-state index in [1.165, 1.54) is 0 Å². The molecule has 0 aliphatic rings. The zero-order valence-electron chi connectivity index (χ0n) is 9.23. The maximum atomic E-state index is 5.50. The first kappa shape index (κ1) is 10.2. The summed E-state index contributed by atoms with van der Waals surface area (Å²) in [6.07, 6.45) is 1.72. The third-order valence-electron chi connectivity index (χ3n) is 2.64. The normalized spacial score (nSPS) is 10.9. The highest BCUT2D eigenvalue weighted by atomic mass is 32.1. The number of aromatic amines is 1. The van der Waals surface area contributed by atoms with Crippen LogP contribution in [-0.2, 0) is 0 Å². The zero-order valence-corrected chi connectivity index (χ0v) is 10.0. The number of para-hydroxylation sites is 1. The number of H-pyrrole nitrogens is 1. The zero-order chi connectivity index (χ0) is 11.8. The number of aryl methyl sites for hydroxylation is 1. The average Bonchev–Trinajstić information content (AvgIpc) is 2.71. The van der Waals surface area contributed by atoms with Crippen molar-refractivity contribution in [3.8, 4) is 11.3 Å². The van der Waals surface area contributed by atoms with Crippen LogP contribution in [0, 0.1) is 11.7 Å². The lowest BCUT2D eigenvalue weighted by molar-refractivity contribution is 0.617. The van der Waals surface area contributed by atoms with Gasteiger partial charge in [0.15, 0.2) is 4.77 Å². The number of rotatable bonds is 1. The summed E-state index contributed by atoms with van der Waals surface area (Å²) in [4.78, 5) is 7.32. The molecule has 1 aromatic carbocycles. The summed E-state index contributed by atoms with van der Waals surface area (Å²) in [5.41, 5.74) is 3.67. The van der Waals surface area contributed by atoms with Gasteiger partial charge in [0, 0.05) is 16.6 Å². The van der Waals surface area contributed by atoms with E-state index in [1.807, 2.05) is 37.3 Å². The Hall–Kier alpha value is -1.94. The molecule has 0 unspecified atom stereocenters. The summed E-state index contributed by atoms with van der Waals surface area (Å²) in [5.74, 6) is 0. The second-order valence-electron chi connectivity index (χ2n) is 3.90. The first-order valence-electron chi connectivity index (χ1n) is 5.28. The van der Waals surface area contributed by atoms with Crippen LogP contribution in [0.25, 0.3) is 22.2 Å². The van der Waals surface area contributed by atoms with Crippen LogP contribution in [0.5, 0.6) is 0 Å². The fourth-order valence-electron chi connectivity index (χ4n) is 1.89. The second kappa shape index (κ2) is 3.82. The van der Waals surface area contributed by atoms with Crippen LogP contribution < -0.4 is 0 Å². The molecule has 0 saturated heterocycles. The smallest absolute Gasteiger partial charge is 0.197 e. The van der Waals surface area contributed by atoms with Gasteiger partial charge < -0.3 is 9.40 Å². The second-order valence-corrected chi connectivity index (χ2v) is 4.29. The molecule has 0 spiro atoms. The highest BCUT2D eigenvalue weighted by molar-refractivity contribution is 7.71. The predicted octanol–water partition coefficient (Wildman–Crippen LogP) is 3.86. The van der Waals surface area contributed by atoms with E-state index in [4.69, 9.17) is 16.6 Å². The van der Waals surface area contributed by atoms with Crippen molar-refractivity contribution in [1.29, 1.82) is 0 Å². The molecule has 0 fully saturated rings. The Kier molecular flexibility index (Phi) is 2.30. The van der Waals surface area contributed by atoms with E-state index in [2.05, 4.69) is 9.97 Å². The van der Waals surface area contributed by atoms with Gasteiger partial charge >= 0.3 is 0 Å². The molecular formula is C13H10N2OS. The van der Waals surface area contributed by atoms with Gasteiger partial charge in [-0.15, -0.1) is 0 Å². The lowest BCUT2D eigenvalue weighted by atomic mass is 10.1. The molecule has 3 nitrogen and oxygen atoms in total. The van der Waals surface area contributed by atoms with Gasteiger partial charge in [0.05, 0.1) is 5.69 Å². The van der Waals surface area contributed by atoms with Gasteiger partial charge in [-0.25, -0.2) is 4.98 Å². The Morgan fingerprint density at radius 1 is 1.29 bits per heavy atom. The van der Waals surface area contributed by atoms with E-state index in [0.717, 1.165) is 27.9 Å². The summed E-state index contributed by atoms with van der Waals surface area (Å²) in [6.45, 7) is 1.96. The van der Waals surface area contributed by atoms with Crippen molar-refractivity contribution < 1.29 is 4.42 Å². The average molecular weight is 242 g/mol. The van der Waals surface area contributed by atoms with Crippen molar-refractivity contribution in [2.45, 2.75) is 6.92 Å². The number of nitrogens with one attached hydrogen (secondary N) is 1. The molecule has 0 atom stereocenters. The van der Waals surface area contributed by atoms with Crippen LogP contribution in [0.1, 0.15) is 5.69 Å². The number of furan rings is 1. The molecule has 3 rings (SSSR count). The van der Waals surface area contributed by atoms with Crippen LogP contribution in [0.3, 0.4) is 0 Å². The monoisotopic (exact) mass is 242 g/mol. The van der Waals surface area contributed by atoms with Crippen LogP contribution in [0.4, 0.5) is 0 Å². The first-order chi connectivity index (χ1) is 8.24. The molecule has 2 aromatic heterocycles. The maximum Gasteiger partial charge on any atom is 0.197 e. The molecule has 0 amide bonds. The standard InChI is InChI=1S/C13H10N2OS/c1-8-6-11(15-13(17)14-8)10-7-16-12-5-3-2-4-9(10)12/h2-7H,1H3,(H,14,15,17). The molecule has 1 N–H and O–H groups in total. The van der Waals surface area contributed by atoms with Gasteiger partial charge in [-0.1, -0.05) is 18.2 Å². The van der Waals surface area contributed by atoms with Crippen molar-refractivity contribution >= 4 is 23.2 Å². The SMILES string of the molecule is Cc1cc(-c2coc3ccccc23)nc(=S)[nH]1. The van der Waals surface area contributed by atoms with Gasteiger partial charge in [-0.05, 0) is 31.3 Å². The van der Waals surface area contributed by atoms with Gasteiger partial charge in [-0.2, -0.15) is 0 Å². The fraction of sp³-hybridized carbons (Fsp3) is 0.0769. The fourth-order valence-corrected chi connectivity index (χ4v) is 2.15. The lowest BCUT2D eigenvalue weighted by Gasteiger charge is -1.99. The maximum absolute atomic E-state index is 5.50. The minimum Gasteiger partial charge on any atom is -0.464 e. The Morgan fingerprint density at radius 3 is 2.94 bits per heavy atom. The number of benzene rings is 1. The van der Waals surface area contributed by atoms with Gasteiger partial charge in [0.1, 0.15) is 11.8 Å². The number of aromatic nitrogens is 2. The molecule has 0 saturated carbocycles. The lowest BCUT2D eigenvalue weighted by Crippen LogP contribution is -1.89. The van der Waals surface area contributed by atoms with Crippen LogP contribution in [0.15, 0.2) is 41.0 Å². The molecule has 3 aromatic rings. The number of hydrogen-bond donors (Lipinski definition) is 1. The Bertz CT molecular complexity index is 742. The largest absolute Gasteiger partial charge is 0.464 e. The van der Waals surface area contributed by atoms with Crippen molar-refractivity contribution in [2.75, 3.05) is 0 Å². The Balaban J connectivity index is 2.30. The van der Waals surface area contributed by atoms with E-state index < -0.39 is 0 Å². The molecule has 4 heteroatoms. The highest BCUT2D eigenvalue weighted by Gasteiger charge is 2.08. The minimum absolute atomic E-state index is 0.491. The Labute approximate surface area is 103 Å². The summed E-state index contributed by atoms with van der Waals surface area (Å²) in [5, 5.41) is 1.06. The Morgan fingerprint density at radius 2 is 2.12 bits per heavy atom. The van der Waals surface area contributed by atoms with Crippen LogP contribution >= 0.6 is 12.2 Å². The van der Waals surface area contributed by atoms with Crippen molar-refractivity contribution in [3.05, 3.63) is 47.1 Å². The summed E-state index contributed by atoms with van der Waals surface area (Å²) < 4.78 is 5.99. The van der Waals surface area contributed by atoms with E-state index in [1.54, 1.807) is 6.26 Å². The van der Waals surface area contributed by atoms with Crippen molar-refractivity contribution in [3.63, 3.8) is 0 Å². The number of hydrogen-bond acceptors (Lipinski definition) is 3. The quantitative estimate of drug-likeness (QED) is 0.659. The van der Waals surface area contributed by atoms with E-state index in [9.17, 15) is 0 Å². The van der Waals surface area contributed by atoms with Gasteiger partial charge in [0.25, 0.3) is 0 Å². The molecule has 0 aliphatic carbocycles. The summed E-state index contributed by atoms with van der Waals surface area (Å²) in [7, 11) is 0. The molecule has 2 heterocycles. The summed E-state index contributed by atoms with van der Waals surface area (Å²) >= 11 is 5.09. The van der Waals surface area contributed by atoms with Crippen molar-refractivity contribution in [1.82, 2.24) is 9.97 Å². The van der Waals surface area contributed by atoms with Crippen LogP contribution in [-0.4, -0.2) is 9.97 Å². The predicted molar refractivity (Wildman–Crippen MR) is 69.4 cm³/mol. The molecule has 17 heavy (non-hydrogen) atoms. The molecule has 0 aliphatic heterocycles. The van der Waals surface area contributed by atoms with Crippen LogP contribution in [0.2, 0.25) is 0 Å². The van der Waals surface area contributed by atoms with E-state index in [0.29, 0.717) is 4.77 Å². The summed E-state index contributed by atoms with van der Waals surface area (Å²) in [6, 6.07) is 9.86. The van der Waals surface area contributed by atoms with Gasteiger partial charge in [0.2, 0.25) is 0 Å². The highest BCUT2D eigenvalue weighted by Crippen LogP contribution is 2.29. The molecule has 84 valence electrons. The minimum atomic E-state index is 0.491. The third kappa shape index (κ3) is 1.76. The van der Waals surface area contributed by atoms with Gasteiger partial charge in [-0.3, -0.25) is 0 Å². The third-order valence-corrected chi connectivity index (χ3v) is 2.83. The number of fused-ring (bicyclic) bond motifs is 1. The molecular weight excluding hydrogens is 232 g/mol. The topological polar surface area (TPSA) is 41.8 Å².